The number of nitrogens with one attached hydrogen (secondary N) is 2. The highest BCUT2D eigenvalue weighted by Crippen LogP contribution is 2.05. The molecular formula is C15H24ClN3O2. The fraction of sp³-hybridized carbons (Fsp3) is 0.467. The third-order valence-corrected chi connectivity index (χ3v) is 2.84. The van der Waals surface area contributed by atoms with Gasteiger partial charge in [0.25, 0.3) is 5.91 Å². The van der Waals surface area contributed by atoms with Crippen molar-refractivity contribution in [2.75, 3.05) is 6.54 Å². The Morgan fingerprint density at radius 3 is 2.62 bits per heavy atom. The zero-order chi connectivity index (χ0) is 15.0. The summed E-state index contributed by atoms with van der Waals surface area (Å²) < 4.78 is 0. The van der Waals surface area contributed by atoms with Crippen molar-refractivity contribution in [3.8, 4) is 0 Å². The van der Waals surface area contributed by atoms with Gasteiger partial charge in [0.15, 0.2) is 0 Å². The van der Waals surface area contributed by atoms with Crippen molar-refractivity contribution in [1.82, 2.24) is 10.6 Å². The number of halogens is 1. The minimum Gasteiger partial charge on any atom is -0.352 e. The molecule has 5 nitrogen and oxygen atoms in total. The molecule has 0 saturated heterocycles. The molecule has 0 radical (unpaired) electrons. The van der Waals surface area contributed by atoms with Crippen molar-refractivity contribution in [1.29, 1.82) is 0 Å². The van der Waals surface area contributed by atoms with Crippen LogP contribution in [0.25, 0.3) is 0 Å². The number of hydrogen-bond acceptors (Lipinski definition) is 3. The van der Waals surface area contributed by atoms with E-state index in [1.54, 1.807) is 12.1 Å². The van der Waals surface area contributed by atoms with Crippen LogP contribution in [-0.4, -0.2) is 24.4 Å². The van der Waals surface area contributed by atoms with Gasteiger partial charge in [-0.2, -0.15) is 0 Å². The molecule has 0 aliphatic rings. The maximum atomic E-state index is 11.7. The predicted molar refractivity (Wildman–Crippen MR) is 86.4 cm³/mol. The molecular weight excluding hydrogens is 290 g/mol. The van der Waals surface area contributed by atoms with Crippen LogP contribution in [-0.2, 0) is 11.3 Å². The molecule has 0 bridgehead atoms. The van der Waals surface area contributed by atoms with Crippen LogP contribution in [0.3, 0.4) is 0 Å². The molecule has 0 aliphatic carbocycles. The smallest absolute Gasteiger partial charge is 0.251 e. The van der Waals surface area contributed by atoms with E-state index in [9.17, 15) is 9.59 Å². The van der Waals surface area contributed by atoms with Crippen LogP contribution >= 0.6 is 12.4 Å². The van der Waals surface area contributed by atoms with E-state index in [2.05, 4.69) is 10.6 Å². The van der Waals surface area contributed by atoms with Crippen LogP contribution < -0.4 is 16.4 Å². The second kappa shape index (κ2) is 10.2. The number of carbonyl (C=O) groups is 2. The highest BCUT2D eigenvalue weighted by Gasteiger charge is 2.06. The topological polar surface area (TPSA) is 84.2 Å². The minimum atomic E-state index is -0.0994. The predicted octanol–water partition coefficient (Wildman–Crippen LogP) is 1.60. The van der Waals surface area contributed by atoms with Gasteiger partial charge >= 0.3 is 0 Å². The summed E-state index contributed by atoms with van der Waals surface area (Å²) in [7, 11) is 0. The van der Waals surface area contributed by atoms with Crippen LogP contribution in [0, 0.1) is 0 Å². The van der Waals surface area contributed by atoms with Gasteiger partial charge in [0.1, 0.15) is 0 Å². The molecule has 0 heterocycles. The summed E-state index contributed by atoms with van der Waals surface area (Å²) >= 11 is 0. The van der Waals surface area contributed by atoms with E-state index in [0.29, 0.717) is 31.5 Å². The summed E-state index contributed by atoms with van der Waals surface area (Å²) in [6.07, 6.45) is 1.10. The highest BCUT2D eigenvalue weighted by atomic mass is 35.5. The quantitative estimate of drug-likeness (QED) is 0.715. The number of rotatable bonds is 7. The average molecular weight is 314 g/mol. The van der Waals surface area contributed by atoms with Crippen molar-refractivity contribution in [3.05, 3.63) is 35.4 Å². The molecule has 2 amide bonds. The Kier molecular flexibility index (Phi) is 9.41. The van der Waals surface area contributed by atoms with E-state index in [0.717, 1.165) is 5.56 Å². The molecule has 21 heavy (non-hydrogen) atoms. The van der Waals surface area contributed by atoms with E-state index in [1.807, 2.05) is 26.0 Å². The molecule has 1 atom stereocenters. The molecule has 118 valence electrons. The molecule has 0 aliphatic heterocycles. The van der Waals surface area contributed by atoms with E-state index >= 15 is 0 Å². The lowest BCUT2D eigenvalue weighted by molar-refractivity contribution is -0.121. The molecule has 0 aromatic heterocycles. The van der Waals surface area contributed by atoms with Crippen molar-refractivity contribution >= 4 is 24.2 Å². The second-order valence-corrected chi connectivity index (χ2v) is 4.85. The molecule has 1 aromatic carbocycles. The zero-order valence-corrected chi connectivity index (χ0v) is 13.3. The largest absolute Gasteiger partial charge is 0.352 e. The Morgan fingerprint density at radius 2 is 2.00 bits per heavy atom. The molecule has 1 unspecified atom stereocenters. The van der Waals surface area contributed by atoms with Gasteiger partial charge in [-0.25, -0.2) is 0 Å². The van der Waals surface area contributed by atoms with Crippen LogP contribution in [0.1, 0.15) is 42.6 Å². The summed E-state index contributed by atoms with van der Waals surface area (Å²) in [6.45, 7) is 4.77. The Hall–Kier alpha value is -1.59. The van der Waals surface area contributed by atoms with Gasteiger partial charge in [-0.3, -0.25) is 9.59 Å². The molecule has 0 saturated carbocycles. The number of hydrogen-bond donors (Lipinski definition) is 3. The van der Waals surface area contributed by atoms with Gasteiger partial charge in [-0.1, -0.05) is 12.1 Å². The fourth-order valence-corrected chi connectivity index (χ4v) is 1.73. The van der Waals surface area contributed by atoms with Crippen LogP contribution in [0.15, 0.2) is 24.3 Å². The third kappa shape index (κ3) is 7.68. The summed E-state index contributed by atoms with van der Waals surface area (Å²) in [5.41, 5.74) is 7.12. The molecule has 6 heteroatoms. The lowest BCUT2D eigenvalue weighted by Crippen LogP contribution is -2.26. The molecule has 4 N–H and O–H groups in total. The first-order valence-electron chi connectivity index (χ1n) is 6.92. The second-order valence-electron chi connectivity index (χ2n) is 4.85. The standard InChI is InChI=1S/C15H23N3O2.ClH/c1-3-17-15(20)13-6-4-5-12(9-13)10-18-14(19)8-7-11(2)16;/h4-6,9,11H,3,7-8,10,16H2,1-2H3,(H,17,20)(H,18,19);1H. The van der Waals surface area contributed by atoms with Gasteiger partial charge in [0.2, 0.25) is 5.91 Å². The normalized spacial score (nSPS) is 11.2. The monoisotopic (exact) mass is 313 g/mol. The summed E-state index contributed by atoms with van der Waals surface area (Å²) in [5, 5.41) is 5.57. The van der Waals surface area contributed by atoms with Gasteiger partial charge < -0.3 is 16.4 Å². The summed E-state index contributed by atoms with van der Waals surface area (Å²) in [5.74, 6) is -0.122. The number of amides is 2. The van der Waals surface area contributed by atoms with Gasteiger partial charge in [-0.05, 0) is 38.0 Å². The Balaban J connectivity index is 0.00000400. The Bertz CT molecular complexity index is 464. The molecule has 1 rings (SSSR count). The molecule has 0 fully saturated rings. The van der Waals surface area contributed by atoms with Crippen molar-refractivity contribution < 1.29 is 9.59 Å². The molecule has 1 aromatic rings. The van der Waals surface area contributed by atoms with E-state index in [1.165, 1.54) is 0 Å². The average Bonchev–Trinajstić information content (AvgIpc) is 2.43. The Labute approximate surface area is 132 Å². The number of nitrogens with two attached hydrogens (primary N) is 1. The van der Waals surface area contributed by atoms with Crippen LogP contribution in [0.4, 0.5) is 0 Å². The van der Waals surface area contributed by atoms with Crippen molar-refractivity contribution in [2.24, 2.45) is 5.73 Å². The van der Waals surface area contributed by atoms with E-state index in [4.69, 9.17) is 5.73 Å². The van der Waals surface area contributed by atoms with Crippen molar-refractivity contribution in [2.45, 2.75) is 39.3 Å². The van der Waals surface area contributed by atoms with E-state index in [-0.39, 0.29) is 30.3 Å². The Morgan fingerprint density at radius 1 is 1.29 bits per heavy atom. The minimum absolute atomic E-state index is 0. The lowest BCUT2D eigenvalue weighted by Gasteiger charge is -2.08. The van der Waals surface area contributed by atoms with Crippen molar-refractivity contribution in [3.63, 3.8) is 0 Å². The first kappa shape index (κ1) is 19.4. The number of carbonyl (C=O) groups excluding carboxylic acids is 2. The zero-order valence-electron chi connectivity index (χ0n) is 12.5. The summed E-state index contributed by atoms with van der Waals surface area (Å²) in [4.78, 5) is 23.3. The van der Waals surface area contributed by atoms with Gasteiger partial charge in [0, 0.05) is 31.1 Å². The maximum absolute atomic E-state index is 11.7. The van der Waals surface area contributed by atoms with Gasteiger partial charge in [-0.15, -0.1) is 12.4 Å². The first-order valence-corrected chi connectivity index (χ1v) is 6.92. The summed E-state index contributed by atoms with van der Waals surface area (Å²) in [6, 6.07) is 7.27. The molecule has 0 spiro atoms. The lowest BCUT2D eigenvalue weighted by atomic mass is 10.1. The first-order chi connectivity index (χ1) is 9.52. The number of benzene rings is 1. The van der Waals surface area contributed by atoms with E-state index < -0.39 is 0 Å². The fourth-order valence-electron chi connectivity index (χ4n) is 1.73. The third-order valence-electron chi connectivity index (χ3n) is 2.84. The van der Waals surface area contributed by atoms with Gasteiger partial charge in [0.05, 0.1) is 0 Å². The van der Waals surface area contributed by atoms with Crippen LogP contribution in [0.5, 0.6) is 0 Å². The van der Waals surface area contributed by atoms with Crippen LogP contribution in [0.2, 0.25) is 0 Å². The SMILES string of the molecule is CCNC(=O)c1cccc(CNC(=O)CCC(C)N)c1.Cl. The highest BCUT2D eigenvalue weighted by molar-refractivity contribution is 5.94. The maximum Gasteiger partial charge on any atom is 0.251 e.